The number of aryl methyl sites for hydroxylation is 1. The summed E-state index contributed by atoms with van der Waals surface area (Å²) in [6.07, 6.45) is 2.42. The minimum atomic E-state index is -1.01. The zero-order chi connectivity index (χ0) is 13.5. The number of carbonyl (C=O) groups is 2. The van der Waals surface area contributed by atoms with E-state index in [0.717, 1.165) is 18.4 Å². The minimum absolute atomic E-state index is 0.307. The predicted molar refractivity (Wildman–Crippen MR) is 69.4 cm³/mol. The topological polar surface area (TPSA) is 66.4 Å². The molecular formula is C14H19NO3. The van der Waals surface area contributed by atoms with E-state index in [1.54, 1.807) is 0 Å². The maximum atomic E-state index is 11.0. The number of hydrogen-bond donors (Lipinski definition) is 2. The predicted octanol–water partition coefficient (Wildman–Crippen LogP) is 1.77. The maximum absolute atomic E-state index is 11.0. The first-order valence-corrected chi connectivity index (χ1v) is 6.10. The van der Waals surface area contributed by atoms with Crippen LogP contribution in [0, 0.1) is 0 Å². The van der Waals surface area contributed by atoms with Crippen LogP contribution in [0.5, 0.6) is 0 Å². The van der Waals surface area contributed by atoms with Gasteiger partial charge < -0.3 is 10.4 Å². The third kappa shape index (κ3) is 4.57. The van der Waals surface area contributed by atoms with Crippen molar-refractivity contribution >= 4 is 11.9 Å². The summed E-state index contributed by atoms with van der Waals surface area (Å²) >= 11 is 0. The highest BCUT2D eigenvalue weighted by Crippen LogP contribution is 2.09. The van der Waals surface area contributed by atoms with E-state index in [-0.39, 0.29) is 5.91 Å². The molecule has 0 heterocycles. The average Bonchev–Trinajstić information content (AvgIpc) is 2.30. The molecule has 1 aromatic carbocycles. The highest BCUT2D eigenvalue weighted by molar-refractivity contribution is 5.82. The van der Waals surface area contributed by atoms with Crippen LogP contribution in [0.15, 0.2) is 24.3 Å². The van der Waals surface area contributed by atoms with Crippen molar-refractivity contribution < 1.29 is 14.7 Å². The van der Waals surface area contributed by atoms with Gasteiger partial charge in [-0.1, -0.05) is 37.6 Å². The van der Waals surface area contributed by atoms with Crippen LogP contribution in [0.2, 0.25) is 0 Å². The van der Waals surface area contributed by atoms with Gasteiger partial charge in [-0.2, -0.15) is 0 Å². The quantitative estimate of drug-likeness (QED) is 0.807. The van der Waals surface area contributed by atoms with Gasteiger partial charge in [0.25, 0.3) is 0 Å². The molecule has 0 radical (unpaired) electrons. The molecule has 1 unspecified atom stereocenters. The molecule has 18 heavy (non-hydrogen) atoms. The van der Waals surface area contributed by atoms with E-state index in [9.17, 15) is 9.59 Å². The molecule has 0 spiro atoms. The van der Waals surface area contributed by atoms with Crippen molar-refractivity contribution in [3.05, 3.63) is 35.4 Å². The van der Waals surface area contributed by atoms with Gasteiger partial charge in [-0.15, -0.1) is 0 Å². The van der Waals surface area contributed by atoms with Gasteiger partial charge in [-0.05, 0) is 17.5 Å². The molecule has 1 amide bonds. The van der Waals surface area contributed by atoms with Crippen LogP contribution >= 0.6 is 0 Å². The van der Waals surface area contributed by atoms with Crippen LogP contribution in [0.4, 0.5) is 0 Å². The summed E-state index contributed by atoms with van der Waals surface area (Å²) in [5, 5.41) is 11.4. The van der Waals surface area contributed by atoms with E-state index >= 15 is 0 Å². The van der Waals surface area contributed by atoms with Crippen molar-refractivity contribution in [1.82, 2.24) is 5.32 Å². The molecule has 0 aliphatic carbocycles. The molecule has 1 atom stereocenters. The Balaban J connectivity index is 2.68. The number of aliphatic carboxylic acids is 1. The Morgan fingerprint density at radius 3 is 2.22 bits per heavy atom. The molecule has 4 heteroatoms. The normalized spacial score (nSPS) is 11.9. The van der Waals surface area contributed by atoms with Crippen molar-refractivity contribution in [2.45, 2.75) is 39.2 Å². The lowest BCUT2D eigenvalue weighted by Crippen LogP contribution is -2.41. The Morgan fingerprint density at radius 2 is 1.78 bits per heavy atom. The fourth-order valence-electron chi connectivity index (χ4n) is 1.81. The molecule has 1 aromatic rings. The second kappa shape index (κ2) is 6.79. The summed E-state index contributed by atoms with van der Waals surface area (Å²) in [5.41, 5.74) is 2.16. The van der Waals surface area contributed by atoms with Crippen molar-refractivity contribution in [3.8, 4) is 0 Å². The molecule has 0 saturated carbocycles. The van der Waals surface area contributed by atoms with Crippen molar-refractivity contribution in [3.63, 3.8) is 0 Å². The van der Waals surface area contributed by atoms with Gasteiger partial charge in [0.05, 0.1) is 0 Å². The molecule has 98 valence electrons. The van der Waals surface area contributed by atoms with Crippen LogP contribution in [0.25, 0.3) is 0 Å². The SMILES string of the molecule is CCCc1ccc(CC(NC(C)=O)C(=O)O)cc1. The standard InChI is InChI=1S/C14H19NO3/c1-3-4-11-5-7-12(8-6-11)9-13(14(17)18)15-10(2)16/h5-8,13H,3-4,9H2,1-2H3,(H,15,16)(H,17,18). The average molecular weight is 249 g/mol. The molecular weight excluding hydrogens is 230 g/mol. The van der Waals surface area contributed by atoms with Gasteiger partial charge in [-0.25, -0.2) is 4.79 Å². The lowest BCUT2D eigenvalue weighted by Gasteiger charge is -2.13. The molecule has 0 saturated heterocycles. The Kier molecular flexibility index (Phi) is 5.36. The van der Waals surface area contributed by atoms with E-state index in [4.69, 9.17) is 5.11 Å². The van der Waals surface area contributed by atoms with Crippen LogP contribution in [-0.2, 0) is 22.4 Å². The molecule has 4 nitrogen and oxygen atoms in total. The van der Waals surface area contributed by atoms with Crippen LogP contribution in [0.3, 0.4) is 0 Å². The molecule has 1 rings (SSSR count). The summed E-state index contributed by atoms with van der Waals surface area (Å²) in [6.45, 7) is 3.44. The third-order valence-electron chi connectivity index (χ3n) is 2.68. The van der Waals surface area contributed by atoms with Crippen molar-refractivity contribution in [2.24, 2.45) is 0 Å². The van der Waals surface area contributed by atoms with E-state index in [1.807, 2.05) is 24.3 Å². The molecule has 0 aliphatic heterocycles. The first-order valence-electron chi connectivity index (χ1n) is 6.10. The lowest BCUT2D eigenvalue weighted by atomic mass is 10.0. The van der Waals surface area contributed by atoms with Crippen molar-refractivity contribution in [1.29, 1.82) is 0 Å². The number of carboxylic acids is 1. The fourth-order valence-corrected chi connectivity index (χ4v) is 1.81. The summed E-state index contributed by atoms with van der Waals surface area (Å²) < 4.78 is 0. The first-order chi connectivity index (χ1) is 8.52. The molecule has 0 bridgehead atoms. The van der Waals surface area contributed by atoms with Crippen LogP contribution < -0.4 is 5.32 Å². The van der Waals surface area contributed by atoms with Gasteiger partial charge in [0.1, 0.15) is 6.04 Å². The molecule has 2 N–H and O–H groups in total. The fraction of sp³-hybridized carbons (Fsp3) is 0.429. The number of carboxylic acid groups (broad SMARTS) is 1. The van der Waals surface area contributed by atoms with Gasteiger partial charge in [0, 0.05) is 13.3 Å². The number of rotatable bonds is 6. The summed E-state index contributed by atoms with van der Waals surface area (Å²) in [7, 11) is 0. The Bertz CT molecular complexity index is 412. The number of nitrogens with one attached hydrogen (secondary N) is 1. The van der Waals surface area contributed by atoms with Gasteiger partial charge in [-0.3, -0.25) is 4.79 Å². The van der Waals surface area contributed by atoms with Crippen LogP contribution in [-0.4, -0.2) is 23.0 Å². The second-order valence-corrected chi connectivity index (χ2v) is 4.36. The van der Waals surface area contributed by atoms with Gasteiger partial charge in [0.2, 0.25) is 5.91 Å². The summed E-state index contributed by atoms with van der Waals surface area (Å²) in [4.78, 5) is 21.9. The Labute approximate surface area is 107 Å². The molecule has 0 aromatic heterocycles. The molecule has 0 aliphatic rings. The zero-order valence-corrected chi connectivity index (χ0v) is 10.8. The number of hydrogen-bond acceptors (Lipinski definition) is 2. The third-order valence-corrected chi connectivity index (χ3v) is 2.68. The number of amides is 1. The van der Waals surface area contributed by atoms with Gasteiger partial charge >= 0.3 is 5.97 Å². The lowest BCUT2D eigenvalue weighted by molar-refractivity contribution is -0.141. The van der Waals surface area contributed by atoms with Crippen molar-refractivity contribution in [2.75, 3.05) is 0 Å². The van der Waals surface area contributed by atoms with E-state index in [0.29, 0.717) is 6.42 Å². The monoisotopic (exact) mass is 249 g/mol. The first kappa shape index (κ1) is 14.2. The largest absolute Gasteiger partial charge is 0.480 e. The smallest absolute Gasteiger partial charge is 0.326 e. The van der Waals surface area contributed by atoms with Crippen LogP contribution in [0.1, 0.15) is 31.4 Å². The van der Waals surface area contributed by atoms with E-state index in [2.05, 4.69) is 12.2 Å². The molecule has 0 fully saturated rings. The highest BCUT2D eigenvalue weighted by atomic mass is 16.4. The summed E-state index contributed by atoms with van der Waals surface area (Å²) in [6, 6.07) is 6.99. The summed E-state index contributed by atoms with van der Waals surface area (Å²) in [5.74, 6) is -1.34. The zero-order valence-electron chi connectivity index (χ0n) is 10.8. The van der Waals surface area contributed by atoms with Gasteiger partial charge in [0.15, 0.2) is 0 Å². The Hall–Kier alpha value is -1.84. The highest BCUT2D eigenvalue weighted by Gasteiger charge is 2.18. The second-order valence-electron chi connectivity index (χ2n) is 4.36. The minimum Gasteiger partial charge on any atom is -0.480 e. The maximum Gasteiger partial charge on any atom is 0.326 e. The van der Waals surface area contributed by atoms with E-state index in [1.165, 1.54) is 12.5 Å². The number of carbonyl (C=O) groups excluding carboxylic acids is 1. The van der Waals surface area contributed by atoms with E-state index < -0.39 is 12.0 Å². The number of benzene rings is 1. The Morgan fingerprint density at radius 1 is 1.22 bits per heavy atom.